The van der Waals surface area contributed by atoms with E-state index in [0.29, 0.717) is 5.69 Å². The van der Waals surface area contributed by atoms with Gasteiger partial charge in [-0.25, -0.2) is 9.59 Å². The van der Waals surface area contributed by atoms with Crippen LogP contribution in [-0.2, 0) is 35.3 Å². The molecule has 1 heterocycles. The molecule has 1 aliphatic heterocycles. The molecule has 0 spiro atoms. The monoisotopic (exact) mass is 630 g/mol. The van der Waals surface area contributed by atoms with Crippen LogP contribution >= 0.6 is 0 Å². The second kappa shape index (κ2) is 16.7. The van der Waals surface area contributed by atoms with Gasteiger partial charge >= 0.3 is 12.1 Å². The van der Waals surface area contributed by atoms with Crippen molar-refractivity contribution in [3.63, 3.8) is 0 Å². The van der Waals surface area contributed by atoms with E-state index in [0.717, 1.165) is 16.3 Å². The predicted octanol–water partition coefficient (Wildman–Crippen LogP) is 2.95. The van der Waals surface area contributed by atoms with Crippen LogP contribution in [0.2, 0.25) is 0 Å². The Morgan fingerprint density at radius 1 is 0.978 bits per heavy atom. The van der Waals surface area contributed by atoms with Crippen molar-refractivity contribution < 1.29 is 38.6 Å². The Labute approximate surface area is 266 Å². The topological polar surface area (TPSA) is 172 Å². The molecular weight excluding hydrogens is 592 g/mol. The van der Waals surface area contributed by atoms with Crippen LogP contribution in [0, 0.1) is 5.92 Å². The van der Waals surface area contributed by atoms with Crippen LogP contribution in [-0.4, -0.2) is 66.2 Å². The number of hydrogen-bond acceptors (Lipinski definition) is 8. The lowest BCUT2D eigenvalue weighted by molar-refractivity contribution is -0.148. The van der Waals surface area contributed by atoms with Crippen LogP contribution in [0.4, 0.5) is 10.5 Å². The lowest BCUT2D eigenvalue weighted by Crippen LogP contribution is -2.51. The van der Waals surface area contributed by atoms with Crippen LogP contribution in [0.5, 0.6) is 0 Å². The van der Waals surface area contributed by atoms with E-state index in [9.17, 15) is 29.1 Å². The summed E-state index contributed by atoms with van der Waals surface area (Å²) in [7, 11) is 0. The maximum atomic E-state index is 13.4. The number of carbonyl (C=O) groups excluding carboxylic acids is 5. The third-order valence-corrected chi connectivity index (χ3v) is 7.27. The van der Waals surface area contributed by atoms with Crippen LogP contribution in [0.1, 0.15) is 31.7 Å². The molecule has 0 saturated heterocycles. The van der Waals surface area contributed by atoms with E-state index in [1.54, 1.807) is 55.5 Å². The number of cyclic esters (lactones) is 1. The Morgan fingerprint density at radius 3 is 2.46 bits per heavy atom. The summed E-state index contributed by atoms with van der Waals surface area (Å²) in [6.07, 6.45) is 2.28. The van der Waals surface area contributed by atoms with Crippen molar-refractivity contribution in [2.45, 2.75) is 50.9 Å². The molecule has 5 N–H and O–H groups in total. The summed E-state index contributed by atoms with van der Waals surface area (Å²) >= 11 is 0. The van der Waals surface area contributed by atoms with Gasteiger partial charge in [0, 0.05) is 18.2 Å². The fourth-order valence-corrected chi connectivity index (χ4v) is 4.74. The lowest BCUT2D eigenvalue weighted by atomic mass is 9.98. The van der Waals surface area contributed by atoms with Gasteiger partial charge in [-0.1, -0.05) is 72.8 Å². The average Bonchev–Trinajstić information content (AvgIpc) is 3.05. The van der Waals surface area contributed by atoms with Crippen molar-refractivity contribution in [2.75, 3.05) is 18.5 Å². The van der Waals surface area contributed by atoms with Gasteiger partial charge in [-0.05, 0) is 48.2 Å². The Balaban J connectivity index is 1.50. The number of carbonyl (C=O) groups is 5. The molecule has 3 aromatic carbocycles. The number of alkyl carbamates (subject to hydrolysis) is 1. The van der Waals surface area contributed by atoms with Crippen molar-refractivity contribution in [1.29, 1.82) is 0 Å². The highest BCUT2D eigenvalue weighted by Gasteiger charge is 2.30. The minimum atomic E-state index is -1.32. The van der Waals surface area contributed by atoms with E-state index in [2.05, 4.69) is 21.3 Å². The molecule has 0 saturated carbocycles. The van der Waals surface area contributed by atoms with E-state index in [4.69, 9.17) is 9.47 Å². The van der Waals surface area contributed by atoms with Crippen LogP contribution in [0.25, 0.3) is 10.8 Å². The molecule has 0 fully saturated rings. The normalized spacial score (nSPS) is 19.4. The van der Waals surface area contributed by atoms with Crippen molar-refractivity contribution in [3.8, 4) is 0 Å². The number of benzene rings is 3. The Hall–Kier alpha value is -5.23. The van der Waals surface area contributed by atoms with Gasteiger partial charge in [-0.2, -0.15) is 0 Å². The second-order valence-corrected chi connectivity index (χ2v) is 11.0. The van der Waals surface area contributed by atoms with Gasteiger partial charge in [0.15, 0.2) is 0 Å². The van der Waals surface area contributed by atoms with E-state index < -0.39 is 60.4 Å². The highest BCUT2D eigenvalue weighted by atomic mass is 16.6. The quantitative estimate of drug-likeness (QED) is 0.177. The van der Waals surface area contributed by atoms with Gasteiger partial charge in [0.2, 0.25) is 11.8 Å². The van der Waals surface area contributed by atoms with Crippen molar-refractivity contribution in [1.82, 2.24) is 16.0 Å². The summed E-state index contributed by atoms with van der Waals surface area (Å²) in [6, 6.07) is 19.0. The highest BCUT2D eigenvalue weighted by molar-refractivity contribution is 6.00. The SMILES string of the molecule is CC(CO)NC(=O)CC1CC=CCC(NC(=O)OCc2ccccc2)C(=O)OCC(C(=O)Nc2ccc3ccccc3c2)NC1=O. The third kappa shape index (κ3) is 10.2. The summed E-state index contributed by atoms with van der Waals surface area (Å²) < 4.78 is 10.7. The molecule has 12 nitrogen and oxygen atoms in total. The molecule has 4 atom stereocenters. The first-order valence-electron chi connectivity index (χ1n) is 15.0. The summed E-state index contributed by atoms with van der Waals surface area (Å²) in [4.78, 5) is 65.1. The molecule has 3 aromatic rings. The third-order valence-electron chi connectivity index (χ3n) is 7.27. The molecule has 1 aliphatic rings. The number of ether oxygens (including phenoxy) is 2. The number of aliphatic hydroxyl groups excluding tert-OH is 1. The predicted molar refractivity (Wildman–Crippen MR) is 170 cm³/mol. The molecule has 0 aromatic heterocycles. The number of esters is 1. The smallest absolute Gasteiger partial charge is 0.408 e. The molecule has 4 rings (SSSR count). The Bertz CT molecular complexity index is 1560. The van der Waals surface area contributed by atoms with Crippen molar-refractivity contribution >= 4 is 46.2 Å². The van der Waals surface area contributed by atoms with E-state index in [-0.39, 0.29) is 32.5 Å². The van der Waals surface area contributed by atoms with Gasteiger partial charge < -0.3 is 35.8 Å². The fourth-order valence-electron chi connectivity index (χ4n) is 4.74. The molecule has 4 unspecified atom stereocenters. The van der Waals surface area contributed by atoms with Gasteiger partial charge in [-0.15, -0.1) is 0 Å². The zero-order chi connectivity index (χ0) is 32.9. The zero-order valence-corrected chi connectivity index (χ0v) is 25.4. The average molecular weight is 631 g/mol. The van der Waals surface area contributed by atoms with Crippen molar-refractivity contribution in [3.05, 3.63) is 90.5 Å². The molecule has 46 heavy (non-hydrogen) atoms. The molecule has 12 heteroatoms. The van der Waals surface area contributed by atoms with Crippen LogP contribution in [0.15, 0.2) is 84.9 Å². The van der Waals surface area contributed by atoms with Gasteiger partial charge in [-0.3, -0.25) is 14.4 Å². The van der Waals surface area contributed by atoms with E-state index in [1.165, 1.54) is 0 Å². The number of anilines is 1. The Kier molecular flexibility index (Phi) is 12.2. The van der Waals surface area contributed by atoms with Gasteiger partial charge in [0.05, 0.1) is 12.5 Å². The number of fused-ring (bicyclic) bond motifs is 1. The minimum Gasteiger partial charge on any atom is -0.461 e. The maximum Gasteiger partial charge on any atom is 0.408 e. The van der Waals surface area contributed by atoms with E-state index in [1.807, 2.05) is 36.4 Å². The first kappa shape index (κ1) is 33.7. The van der Waals surface area contributed by atoms with E-state index >= 15 is 0 Å². The van der Waals surface area contributed by atoms with Crippen molar-refractivity contribution in [2.24, 2.45) is 5.92 Å². The minimum absolute atomic E-state index is 0.00796. The molecule has 0 bridgehead atoms. The largest absolute Gasteiger partial charge is 0.461 e. The lowest BCUT2D eigenvalue weighted by Gasteiger charge is -2.24. The summed E-state index contributed by atoms with van der Waals surface area (Å²) in [5.74, 6) is -3.39. The number of amides is 4. The van der Waals surface area contributed by atoms with Gasteiger partial charge in [0.1, 0.15) is 25.3 Å². The maximum absolute atomic E-state index is 13.4. The molecular formula is C34H38N4O8. The summed E-state index contributed by atoms with van der Waals surface area (Å²) in [6.45, 7) is 0.808. The highest BCUT2D eigenvalue weighted by Crippen LogP contribution is 2.19. The summed E-state index contributed by atoms with van der Waals surface area (Å²) in [5, 5.41) is 21.7. The van der Waals surface area contributed by atoms with Crippen LogP contribution < -0.4 is 21.3 Å². The first-order valence-corrected chi connectivity index (χ1v) is 15.0. The Morgan fingerprint density at radius 2 is 1.70 bits per heavy atom. The number of nitrogens with one attached hydrogen (secondary N) is 4. The number of rotatable bonds is 9. The number of aliphatic hydroxyl groups is 1. The second-order valence-electron chi connectivity index (χ2n) is 11.0. The van der Waals surface area contributed by atoms with Gasteiger partial charge in [0.25, 0.3) is 5.91 Å². The molecule has 242 valence electrons. The summed E-state index contributed by atoms with van der Waals surface area (Å²) in [5.41, 5.74) is 1.23. The standard InChI is InChI=1S/C34H38N4O8/c1-22(19-39)35-30(40)18-26-13-7-8-14-28(38-34(44)46-20-23-9-3-2-4-10-23)33(43)45-21-29(37-31(26)41)32(42)36-27-16-15-24-11-5-6-12-25(24)17-27/h2-12,15-17,22,26,28-29,39H,13-14,18-21H2,1H3,(H,35,40)(H,36,42)(H,37,41)(H,38,44). The zero-order valence-electron chi connectivity index (χ0n) is 25.4. The number of hydrogen-bond donors (Lipinski definition) is 5. The molecule has 0 aliphatic carbocycles. The number of allylic oxidation sites excluding steroid dienone is 1. The van der Waals surface area contributed by atoms with Crippen LogP contribution in [0.3, 0.4) is 0 Å². The molecule has 4 amide bonds. The fraction of sp³-hybridized carbons (Fsp3) is 0.324. The first-order chi connectivity index (χ1) is 22.2. The molecule has 0 radical (unpaired) electrons.